The number of aromatic nitrogens is 2. The van der Waals surface area contributed by atoms with Crippen molar-refractivity contribution in [3.8, 4) is 0 Å². The molecule has 31 heavy (non-hydrogen) atoms. The van der Waals surface area contributed by atoms with Gasteiger partial charge in [-0.3, -0.25) is 14.2 Å². The van der Waals surface area contributed by atoms with E-state index < -0.39 is 5.69 Å². The van der Waals surface area contributed by atoms with Crippen molar-refractivity contribution in [2.45, 2.75) is 25.8 Å². The second kappa shape index (κ2) is 9.31. The van der Waals surface area contributed by atoms with E-state index in [1.807, 2.05) is 11.0 Å². The number of likely N-dealkylation sites (tertiary alicyclic amines) is 1. The summed E-state index contributed by atoms with van der Waals surface area (Å²) >= 11 is 0. The molecule has 1 aliphatic heterocycles. The van der Waals surface area contributed by atoms with Crippen LogP contribution < -0.4 is 11.2 Å². The van der Waals surface area contributed by atoms with E-state index >= 15 is 0 Å². The van der Waals surface area contributed by atoms with Gasteiger partial charge >= 0.3 is 5.69 Å². The van der Waals surface area contributed by atoms with Crippen LogP contribution in [0.5, 0.6) is 0 Å². The molecule has 4 rings (SSSR count). The van der Waals surface area contributed by atoms with Crippen LogP contribution in [0, 0.1) is 5.92 Å². The number of hydrogen-bond donors (Lipinski definition) is 1. The van der Waals surface area contributed by atoms with E-state index in [0.717, 1.165) is 23.8 Å². The van der Waals surface area contributed by atoms with E-state index in [1.54, 1.807) is 18.2 Å². The van der Waals surface area contributed by atoms with Gasteiger partial charge in [-0.1, -0.05) is 30.3 Å². The zero-order valence-electron chi connectivity index (χ0n) is 17.7. The van der Waals surface area contributed by atoms with Crippen LogP contribution in [0.4, 0.5) is 0 Å². The molecule has 1 aliphatic rings. The summed E-state index contributed by atoms with van der Waals surface area (Å²) < 4.78 is 6.08. The molecule has 0 atom stereocenters. The predicted molar refractivity (Wildman–Crippen MR) is 119 cm³/mol. The van der Waals surface area contributed by atoms with E-state index in [4.69, 9.17) is 4.74 Å². The molecule has 7 heteroatoms. The van der Waals surface area contributed by atoms with Crippen LogP contribution in [-0.4, -0.2) is 47.2 Å². The number of H-pyrrole nitrogens is 1. The maximum atomic E-state index is 13.0. The van der Waals surface area contributed by atoms with Crippen molar-refractivity contribution in [3.63, 3.8) is 0 Å². The first-order chi connectivity index (χ1) is 15.1. The summed E-state index contributed by atoms with van der Waals surface area (Å²) in [7, 11) is 1.52. The lowest BCUT2D eigenvalue weighted by Gasteiger charge is -2.32. The Bertz CT molecular complexity index is 1170. The van der Waals surface area contributed by atoms with Gasteiger partial charge in [-0.15, -0.1) is 0 Å². The molecule has 2 aromatic carbocycles. The Kier molecular flexibility index (Phi) is 6.32. The van der Waals surface area contributed by atoms with Gasteiger partial charge in [0.1, 0.15) is 0 Å². The topological polar surface area (TPSA) is 84.4 Å². The molecule has 1 aromatic heterocycles. The van der Waals surface area contributed by atoms with Gasteiger partial charge in [0.25, 0.3) is 11.5 Å². The number of aromatic amines is 1. The third kappa shape index (κ3) is 4.61. The Labute approximate surface area is 180 Å². The summed E-state index contributed by atoms with van der Waals surface area (Å²) in [6, 6.07) is 15.3. The van der Waals surface area contributed by atoms with Gasteiger partial charge in [-0.25, -0.2) is 4.79 Å². The molecule has 1 saturated heterocycles. The molecule has 0 saturated carbocycles. The number of carbonyl (C=O) groups is 1. The standard InChI is InChI=1S/C24H27N3O4/c1-31-14-13-27-23(29)20-8-7-19(16-21(20)25-24(27)30)22(28)26-11-9-18(10-12-26)15-17-5-3-2-4-6-17/h2-8,16,18H,9-15H2,1H3,(H,25,30). The molecule has 0 bridgehead atoms. The first-order valence-electron chi connectivity index (χ1n) is 10.7. The quantitative estimate of drug-likeness (QED) is 0.663. The zero-order chi connectivity index (χ0) is 21.8. The fraction of sp³-hybridized carbons (Fsp3) is 0.375. The molecular weight excluding hydrogens is 394 g/mol. The van der Waals surface area contributed by atoms with Gasteiger partial charge in [-0.05, 0) is 48.9 Å². The number of benzene rings is 2. The SMILES string of the molecule is COCCn1c(=O)[nH]c2cc(C(=O)N3CCC(Cc4ccccc4)CC3)ccc2c1=O. The number of ether oxygens (including phenoxy) is 1. The molecule has 0 radical (unpaired) electrons. The minimum absolute atomic E-state index is 0.0653. The lowest BCUT2D eigenvalue weighted by Crippen LogP contribution is -2.39. The normalized spacial score (nSPS) is 14.8. The van der Waals surface area contributed by atoms with Crippen molar-refractivity contribution in [2.24, 2.45) is 5.92 Å². The fourth-order valence-electron chi connectivity index (χ4n) is 4.24. The van der Waals surface area contributed by atoms with Crippen LogP contribution in [0.1, 0.15) is 28.8 Å². The van der Waals surface area contributed by atoms with E-state index in [-0.39, 0.29) is 24.6 Å². The monoisotopic (exact) mass is 421 g/mol. The molecule has 162 valence electrons. The summed E-state index contributed by atoms with van der Waals surface area (Å²) in [6.45, 7) is 1.87. The molecule has 3 aromatic rings. The Morgan fingerprint density at radius 2 is 1.84 bits per heavy atom. The lowest BCUT2D eigenvalue weighted by atomic mass is 9.90. The molecule has 1 fully saturated rings. The van der Waals surface area contributed by atoms with Crippen LogP contribution in [0.2, 0.25) is 0 Å². The maximum absolute atomic E-state index is 13.0. The van der Waals surface area contributed by atoms with E-state index in [1.165, 1.54) is 12.7 Å². The van der Waals surface area contributed by atoms with Crippen LogP contribution >= 0.6 is 0 Å². The van der Waals surface area contributed by atoms with Crippen molar-refractivity contribution in [1.82, 2.24) is 14.5 Å². The second-order valence-electron chi connectivity index (χ2n) is 8.07. The van der Waals surface area contributed by atoms with Crippen LogP contribution in [0.3, 0.4) is 0 Å². The van der Waals surface area contributed by atoms with Crippen LogP contribution in [0.15, 0.2) is 58.1 Å². The number of nitrogens with zero attached hydrogens (tertiary/aromatic N) is 2. The smallest absolute Gasteiger partial charge is 0.328 e. The molecule has 7 nitrogen and oxygen atoms in total. The summed E-state index contributed by atoms with van der Waals surface area (Å²) in [5.74, 6) is 0.509. The van der Waals surface area contributed by atoms with E-state index in [0.29, 0.717) is 35.5 Å². The van der Waals surface area contributed by atoms with Crippen molar-refractivity contribution in [1.29, 1.82) is 0 Å². The Morgan fingerprint density at radius 3 is 2.55 bits per heavy atom. The number of fused-ring (bicyclic) bond motifs is 1. The highest BCUT2D eigenvalue weighted by Gasteiger charge is 2.24. The minimum atomic E-state index is -0.499. The van der Waals surface area contributed by atoms with Gasteiger partial charge < -0.3 is 14.6 Å². The second-order valence-corrected chi connectivity index (χ2v) is 8.07. The average molecular weight is 421 g/mol. The highest BCUT2D eigenvalue weighted by atomic mass is 16.5. The number of rotatable bonds is 6. The fourth-order valence-corrected chi connectivity index (χ4v) is 4.24. The zero-order valence-corrected chi connectivity index (χ0v) is 17.7. The molecule has 0 aliphatic carbocycles. The number of nitrogens with one attached hydrogen (secondary N) is 1. The predicted octanol–water partition coefficient (Wildman–Crippen LogP) is 2.43. The van der Waals surface area contributed by atoms with Crippen molar-refractivity contribution >= 4 is 16.8 Å². The van der Waals surface area contributed by atoms with Crippen molar-refractivity contribution in [2.75, 3.05) is 26.8 Å². The van der Waals surface area contributed by atoms with Crippen LogP contribution in [-0.2, 0) is 17.7 Å². The third-order valence-corrected chi connectivity index (χ3v) is 6.02. The largest absolute Gasteiger partial charge is 0.383 e. The molecule has 0 unspecified atom stereocenters. The highest BCUT2D eigenvalue weighted by molar-refractivity contribution is 5.97. The highest BCUT2D eigenvalue weighted by Crippen LogP contribution is 2.23. The van der Waals surface area contributed by atoms with Gasteiger partial charge in [0.2, 0.25) is 0 Å². The van der Waals surface area contributed by atoms with E-state index in [2.05, 4.69) is 29.2 Å². The van der Waals surface area contributed by atoms with E-state index in [9.17, 15) is 14.4 Å². The van der Waals surface area contributed by atoms with Gasteiger partial charge in [-0.2, -0.15) is 0 Å². The molecule has 1 N–H and O–H groups in total. The average Bonchev–Trinajstić information content (AvgIpc) is 2.79. The summed E-state index contributed by atoms with van der Waals surface area (Å²) in [4.78, 5) is 42.5. The first-order valence-corrected chi connectivity index (χ1v) is 10.7. The number of methoxy groups -OCH3 is 1. The maximum Gasteiger partial charge on any atom is 0.328 e. The van der Waals surface area contributed by atoms with Crippen molar-refractivity contribution < 1.29 is 9.53 Å². The molecule has 2 heterocycles. The van der Waals surface area contributed by atoms with Gasteiger partial charge in [0.05, 0.1) is 24.1 Å². The number of amides is 1. The number of hydrogen-bond acceptors (Lipinski definition) is 4. The van der Waals surface area contributed by atoms with Gasteiger partial charge in [0, 0.05) is 25.8 Å². The third-order valence-electron chi connectivity index (χ3n) is 6.02. The summed E-state index contributed by atoms with van der Waals surface area (Å²) in [5, 5.41) is 0.383. The Hall–Kier alpha value is -3.19. The number of carbonyl (C=O) groups excluding carboxylic acids is 1. The minimum Gasteiger partial charge on any atom is -0.383 e. The first kappa shape index (κ1) is 21.1. The Morgan fingerprint density at radius 1 is 1.10 bits per heavy atom. The summed E-state index contributed by atoms with van der Waals surface area (Å²) in [5.41, 5.74) is 1.33. The Balaban J connectivity index is 1.47. The molecule has 1 amide bonds. The number of piperidine rings is 1. The van der Waals surface area contributed by atoms with Gasteiger partial charge in [0.15, 0.2) is 0 Å². The summed E-state index contributed by atoms with van der Waals surface area (Å²) in [6.07, 6.45) is 2.97. The molecular formula is C24H27N3O4. The lowest BCUT2D eigenvalue weighted by molar-refractivity contribution is 0.0690. The van der Waals surface area contributed by atoms with Crippen molar-refractivity contribution in [3.05, 3.63) is 80.5 Å². The molecule has 0 spiro atoms. The van der Waals surface area contributed by atoms with Crippen LogP contribution in [0.25, 0.3) is 10.9 Å².